The third-order valence-electron chi connectivity index (χ3n) is 2.88. The number of Topliss-reactive ketones (excluding diaryl/α,β-unsaturated/α-hetero) is 1. The lowest BCUT2D eigenvalue weighted by Crippen LogP contribution is -2.25. The molecule has 0 amide bonds. The minimum atomic E-state index is 0.130. The van der Waals surface area contributed by atoms with Crippen LogP contribution in [0, 0.1) is 0 Å². The predicted molar refractivity (Wildman–Crippen MR) is 81.2 cm³/mol. The fraction of sp³-hybridized carbons (Fsp3) is 0.188. The van der Waals surface area contributed by atoms with Crippen molar-refractivity contribution in [3.05, 3.63) is 70.2 Å². The lowest BCUT2D eigenvalue weighted by molar-refractivity contribution is 0.0942. The SMILES string of the molecule is CN(CC(=O)c1ccccc1Br)Cc1ccccc1. The number of nitrogens with zero attached hydrogens (tertiary/aromatic N) is 1. The molecule has 0 heterocycles. The number of halogens is 1. The van der Waals surface area contributed by atoms with Gasteiger partial charge in [0.25, 0.3) is 0 Å². The summed E-state index contributed by atoms with van der Waals surface area (Å²) in [6.07, 6.45) is 0. The molecule has 0 saturated carbocycles. The summed E-state index contributed by atoms with van der Waals surface area (Å²) in [6, 6.07) is 17.7. The van der Waals surface area contributed by atoms with Gasteiger partial charge in [-0.05, 0) is 18.7 Å². The Balaban J connectivity index is 1.98. The molecule has 3 heteroatoms. The monoisotopic (exact) mass is 317 g/mol. The lowest BCUT2D eigenvalue weighted by Gasteiger charge is -2.16. The van der Waals surface area contributed by atoms with Gasteiger partial charge >= 0.3 is 0 Å². The molecule has 0 aliphatic rings. The summed E-state index contributed by atoms with van der Waals surface area (Å²) in [5.41, 5.74) is 1.95. The largest absolute Gasteiger partial charge is 0.295 e. The van der Waals surface area contributed by atoms with Crippen molar-refractivity contribution < 1.29 is 4.79 Å². The number of ketones is 1. The van der Waals surface area contributed by atoms with Gasteiger partial charge in [-0.15, -0.1) is 0 Å². The Morgan fingerprint density at radius 2 is 1.68 bits per heavy atom. The highest BCUT2D eigenvalue weighted by molar-refractivity contribution is 9.10. The second-order valence-corrected chi connectivity index (χ2v) is 5.42. The van der Waals surface area contributed by atoms with Crippen LogP contribution >= 0.6 is 15.9 Å². The van der Waals surface area contributed by atoms with Gasteiger partial charge in [0.1, 0.15) is 0 Å². The molecule has 0 bridgehead atoms. The van der Waals surface area contributed by atoms with E-state index in [0.29, 0.717) is 6.54 Å². The Hall–Kier alpha value is -1.45. The third-order valence-corrected chi connectivity index (χ3v) is 3.57. The van der Waals surface area contributed by atoms with Crippen molar-refractivity contribution in [2.24, 2.45) is 0 Å². The summed E-state index contributed by atoms with van der Waals surface area (Å²) in [7, 11) is 1.96. The van der Waals surface area contributed by atoms with E-state index in [0.717, 1.165) is 16.6 Å². The van der Waals surface area contributed by atoms with Crippen molar-refractivity contribution in [1.29, 1.82) is 0 Å². The van der Waals surface area contributed by atoms with Gasteiger partial charge in [0.2, 0.25) is 0 Å². The minimum absolute atomic E-state index is 0.130. The smallest absolute Gasteiger partial charge is 0.177 e. The summed E-state index contributed by atoms with van der Waals surface area (Å²) < 4.78 is 0.855. The number of rotatable bonds is 5. The van der Waals surface area contributed by atoms with E-state index in [-0.39, 0.29) is 5.78 Å². The van der Waals surface area contributed by atoms with Crippen LogP contribution in [-0.4, -0.2) is 24.3 Å². The maximum atomic E-state index is 12.2. The van der Waals surface area contributed by atoms with Gasteiger partial charge in [-0.25, -0.2) is 0 Å². The first-order valence-electron chi connectivity index (χ1n) is 6.17. The molecule has 2 nitrogen and oxygen atoms in total. The highest BCUT2D eigenvalue weighted by atomic mass is 79.9. The number of benzene rings is 2. The van der Waals surface area contributed by atoms with Crippen LogP contribution in [0.3, 0.4) is 0 Å². The summed E-state index contributed by atoms with van der Waals surface area (Å²) in [4.78, 5) is 14.2. The van der Waals surface area contributed by atoms with E-state index < -0.39 is 0 Å². The molecule has 0 aliphatic carbocycles. The molecule has 0 N–H and O–H groups in total. The number of likely N-dealkylation sites (N-methyl/N-ethyl adjacent to an activating group) is 1. The zero-order valence-corrected chi connectivity index (χ0v) is 12.4. The first kappa shape index (κ1) is 14.0. The second-order valence-electron chi connectivity index (χ2n) is 4.56. The van der Waals surface area contributed by atoms with Crippen molar-refractivity contribution >= 4 is 21.7 Å². The van der Waals surface area contributed by atoms with Crippen LogP contribution in [0.25, 0.3) is 0 Å². The minimum Gasteiger partial charge on any atom is -0.295 e. The quantitative estimate of drug-likeness (QED) is 0.782. The molecule has 0 fully saturated rings. The van der Waals surface area contributed by atoms with E-state index in [1.165, 1.54) is 5.56 Å². The van der Waals surface area contributed by atoms with Crippen LogP contribution in [0.1, 0.15) is 15.9 Å². The highest BCUT2D eigenvalue weighted by Gasteiger charge is 2.12. The Morgan fingerprint density at radius 1 is 1.05 bits per heavy atom. The van der Waals surface area contributed by atoms with Gasteiger partial charge in [0, 0.05) is 16.6 Å². The van der Waals surface area contributed by atoms with Gasteiger partial charge in [0.05, 0.1) is 6.54 Å². The lowest BCUT2D eigenvalue weighted by atomic mass is 10.1. The van der Waals surface area contributed by atoms with Crippen molar-refractivity contribution in [2.75, 3.05) is 13.6 Å². The predicted octanol–water partition coefficient (Wildman–Crippen LogP) is 3.76. The fourth-order valence-electron chi connectivity index (χ4n) is 1.97. The van der Waals surface area contributed by atoms with Crippen LogP contribution in [0.4, 0.5) is 0 Å². The van der Waals surface area contributed by atoms with Crippen molar-refractivity contribution in [1.82, 2.24) is 4.90 Å². The topological polar surface area (TPSA) is 20.3 Å². The molecule has 2 rings (SSSR count). The summed E-state index contributed by atoms with van der Waals surface area (Å²) in [5.74, 6) is 0.130. The van der Waals surface area contributed by atoms with Gasteiger partial charge in [-0.3, -0.25) is 9.69 Å². The van der Waals surface area contributed by atoms with E-state index in [4.69, 9.17) is 0 Å². The third kappa shape index (κ3) is 4.01. The Morgan fingerprint density at radius 3 is 2.37 bits per heavy atom. The van der Waals surface area contributed by atoms with Crippen molar-refractivity contribution in [3.63, 3.8) is 0 Å². The summed E-state index contributed by atoms with van der Waals surface area (Å²) in [6.45, 7) is 1.19. The van der Waals surface area contributed by atoms with E-state index in [9.17, 15) is 4.79 Å². The van der Waals surface area contributed by atoms with Crippen LogP contribution in [-0.2, 0) is 6.54 Å². The molecule has 0 radical (unpaired) electrons. The van der Waals surface area contributed by atoms with Crippen molar-refractivity contribution in [2.45, 2.75) is 6.54 Å². The van der Waals surface area contributed by atoms with Gasteiger partial charge in [0.15, 0.2) is 5.78 Å². The summed E-state index contributed by atoms with van der Waals surface area (Å²) >= 11 is 3.41. The first-order chi connectivity index (χ1) is 9.16. The molecule has 0 aromatic heterocycles. The first-order valence-corrected chi connectivity index (χ1v) is 6.96. The highest BCUT2D eigenvalue weighted by Crippen LogP contribution is 2.16. The molecule has 0 saturated heterocycles. The molecule has 0 atom stereocenters. The average molecular weight is 318 g/mol. The average Bonchev–Trinajstić information content (AvgIpc) is 2.40. The van der Waals surface area contributed by atoms with E-state index in [2.05, 4.69) is 28.1 Å². The van der Waals surface area contributed by atoms with E-state index in [1.807, 2.05) is 54.4 Å². The van der Waals surface area contributed by atoms with Crippen LogP contribution < -0.4 is 0 Å². The number of hydrogen-bond acceptors (Lipinski definition) is 2. The second kappa shape index (κ2) is 6.64. The van der Waals surface area contributed by atoms with Gasteiger partial charge < -0.3 is 0 Å². The van der Waals surface area contributed by atoms with Crippen LogP contribution in [0.15, 0.2) is 59.1 Å². The summed E-state index contributed by atoms with van der Waals surface area (Å²) in [5, 5.41) is 0. The molecule has 2 aromatic carbocycles. The molecule has 19 heavy (non-hydrogen) atoms. The maximum absolute atomic E-state index is 12.2. The van der Waals surface area contributed by atoms with E-state index >= 15 is 0 Å². The Bertz CT molecular complexity index is 554. The zero-order valence-electron chi connectivity index (χ0n) is 10.8. The molecule has 0 unspecified atom stereocenters. The van der Waals surface area contributed by atoms with Gasteiger partial charge in [-0.1, -0.05) is 64.5 Å². The molecular weight excluding hydrogens is 302 g/mol. The number of carbonyl (C=O) groups excluding carboxylic acids is 1. The maximum Gasteiger partial charge on any atom is 0.177 e. The number of hydrogen-bond donors (Lipinski definition) is 0. The van der Waals surface area contributed by atoms with Gasteiger partial charge in [-0.2, -0.15) is 0 Å². The Labute approximate surface area is 122 Å². The number of carbonyl (C=O) groups is 1. The normalized spacial score (nSPS) is 10.7. The van der Waals surface area contributed by atoms with E-state index in [1.54, 1.807) is 0 Å². The zero-order chi connectivity index (χ0) is 13.7. The molecule has 0 spiro atoms. The molecule has 98 valence electrons. The Kier molecular flexibility index (Phi) is 4.88. The molecule has 2 aromatic rings. The fourth-order valence-corrected chi connectivity index (χ4v) is 2.47. The molecular formula is C16H16BrNO. The van der Waals surface area contributed by atoms with Crippen LogP contribution in [0.5, 0.6) is 0 Å². The standard InChI is InChI=1S/C16H16BrNO/c1-18(11-13-7-3-2-4-8-13)12-16(19)14-9-5-6-10-15(14)17/h2-10H,11-12H2,1H3. The molecule has 0 aliphatic heterocycles. The van der Waals surface area contributed by atoms with Crippen molar-refractivity contribution in [3.8, 4) is 0 Å². The van der Waals surface area contributed by atoms with Crippen LogP contribution in [0.2, 0.25) is 0 Å².